The molecule has 31 heavy (non-hydrogen) atoms. The SMILES string of the molecule is CCN1CC[C@H](c2ccccc2)C[C@@H]1C(=O)N[C@@H](C)C(=O)NCc1ccc(N)nc1C. The first-order valence-corrected chi connectivity index (χ1v) is 11.0. The number of pyridine rings is 1. The van der Waals surface area contributed by atoms with Crippen molar-refractivity contribution in [2.45, 2.75) is 58.2 Å². The molecule has 1 aliphatic rings. The number of nitrogens with zero attached hydrogens (tertiary/aromatic N) is 2. The quantitative estimate of drug-likeness (QED) is 0.635. The number of nitrogen functional groups attached to an aromatic ring is 1. The molecule has 0 unspecified atom stereocenters. The molecule has 7 nitrogen and oxygen atoms in total. The highest BCUT2D eigenvalue weighted by atomic mass is 16.2. The van der Waals surface area contributed by atoms with E-state index in [2.05, 4.69) is 39.6 Å². The molecule has 166 valence electrons. The Balaban J connectivity index is 1.58. The van der Waals surface area contributed by atoms with Gasteiger partial charge < -0.3 is 16.4 Å². The maximum absolute atomic E-state index is 13.1. The van der Waals surface area contributed by atoms with Crippen LogP contribution in [0.2, 0.25) is 0 Å². The van der Waals surface area contributed by atoms with Crippen LogP contribution >= 0.6 is 0 Å². The van der Waals surface area contributed by atoms with Gasteiger partial charge in [0.2, 0.25) is 11.8 Å². The van der Waals surface area contributed by atoms with Crippen LogP contribution in [0.25, 0.3) is 0 Å². The van der Waals surface area contributed by atoms with Crippen molar-refractivity contribution < 1.29 is 9.59 Å². The Hall–Kier alpha value is -2.93. The Morgan fingerprint density at radius 1 is 1.23 bits per heavy atom. The summed E-state index contributed by atoms with van der Waals surface area (Å²) >= 11 is 0. The molecule has 2 amide bonds. The van der Waals surface area contributed by atoms with Gasteiger partial charge in [-0.1, -0.05) is 43.3 Å². The van der Waals surface area contributed by atoms with E-state index in [1.54, 1.807) is 13.0 Å². The van der Waals surface area contributed by atoms with Gasteiger partial charge in [0.1, 0.15) is 11.9 Å². The smallest absolute Gasteiger partial charge is 0.242 e. The number of anilines is 1. The number of amides is 2. The average molecular weight is 424 g/mol. The van der Waals surface area contributed by atoms with Gasteiger partial charge in [0.05, 0.1) is 6.04 Å². The number of rotatable bonds is 7. The number of likely N-dealkylation sites (N-methyl/N-ethyl adjacent to an activating group) is 1. The number of benzene rings is 1. The van der Waals surface area contributed by atoms with E-state index in [0.717, 1.165) is 37.2 Å². The number of carbonyl (C=O) groups excluding carboxylic acids is 2. The third-order valence-corrected chi connectivity index (χ3v) is 6.12. The van der Waals surface area contributed by atoms with E-state index in [9.17, 15) is 9.59 Å². The molecular formula is C24H33N5O2. The molecule has 0 spiro atoms. The summed E-state index contributed by atoms with van der Waals surface area (Å²) in [6.07, 6.45) is 1.79. The fraction of sp³-hybridized carbons (Fsp3) is 0.458. The summed E-state index contributed by atoms with van der Waals surface area (Å²) in [6.45, 7) is 7.67. The van der Waals surface area contributed by atoms with Gasteiger partial charge in [0.15, 0.2) is 0 Å². The molecule has 4 N–H and O–H groups in total. The predicted octanol–water partition coefficient (Wildman–Crippen LogP) is 2.36. The van der Waals surface area contributed by atoms with Crippen LogP contribution in [0.4, 0.5) is 5.82 Å². The van der Waals surface area contributed by atoms with E-state index >= 15 is 0 Å². The summed E-state index contributed by atoms with van der Waals surface area (Å²) in [4.78, 5) is 32.0. The molecule has 2 heterocycles. The molecule has 3 atom stereocenters. The lowest BCUT2D eigenvalue weighted by molar-refractivity contribution is -0.132. The second-order valence-corrected chi connectivity index (χ2v) is 8.21. The second-order valence-electron chi connectivity index (χ2n) is 8.21. The van der Waals surface area contributed by atoms with E-state index in [4.69, 9.17) is 5.73 Å². The molecule has 1 aromatic carbocycles. The number of carbonyl (C=O) groups is 2. The minimum absolute atomic E-state index is 0.0875. The third kappa shape index (κ3) is 5.82. The van der Waals surface area contributed by atoms with Gasteiger partial charge in [0, 0.05) is 12.2 Å². The maximum Gasteiger partial charge on any atom is 0.242 e. The van der Waals surface area contributed by atoms with Gasteiger partial charge in [-0.2, -0.15) is 0 Å². The highest BCUT2D eigenvalue weighted by Crippen LogP contribution is 2.31. The molecule has 1 saturated heterocycles. The zero-order valence-corrected chi connectivity index (χ0v) is 18.6. The normalized spacial score (nSPS) is 20.1. The Labute approximate surface area is 184 Å². The van der Waals surface area contributed by atoms with E-state index < -0.39 is 6.04 Å². The van der Waals surface area contributed by atoms with Gasteiger partial charge >= 0.3 is 0 Å². The number of nitrogens with one attached hydrogen (secondary N) is 2. The lowest BCUT2D eigenvalue weighted by atomic mass is 9.85. The van der Waals surface area contributed by atoms with E-state index in [-0.39, 0.29) is 17.9 Å². The Bertz CT molecular complexity index is 902. The van der Waals surface area contributed by atoms with E-state index in [1.807, 2.05) is 31.2 Å². The van der Waals surface area contributed by atoms with Crippen LogP contribution in [-0.4, -0.2) is 46.9 Å². The molecule has 1 fully saturated rings. The molecule has 0 bridgehead atoms. The number of aromatic nitrogens is 1. The summed E-state index contributed by atoms with van der Waals surface area (Å²) in [6, 6.07) is 13.1. The lowest BCUT2D eigenvalue weighted by Gasteiger charge is -2.38. The molecule has 3 rings (SSSR count). The second kappa shape index (κ2) is 10.4. The van der Waals surface area contributed by atoms with E-state index in [1.165, 1.54) is 5.56 Å². The summed E-state index contributed by atoms with van der Waals surface area (Å²) in [7, 11) is 0. The van der Waals surface area contributed by atoms with Crippen molar-refractivity contribution in [3.63, 3.8) is 0 Å². The van der Waals surface area contributed by atoms with Gasteiger partial charge in [-0.15, -0.1) is 0 Å². The van der Waals surface area contributed by atoms with Gasteiger partial charge in [-0.25, -0.2) is 4.98 Å². The number of piperidine rings is 1. The highest BCUT2D eigenvalue weighted by Gasteiger charge is 2.34. The minimum Gasteiger partial charge on any atom is -0.384 e. The molecule has 0 radical (unpaired) electrons. The summed E-state index contributed by atoms with van der Waals surface area (Å²) in [5.41, 5.74) is 8.63. The molecular weight excluding hydrogens is 390 g/mol. The van der Waals surface area contributed by atoms with Crippen molar-refractivity contribution in [3.8, 4) is 0 Å². The molecule has 7 heteroatoms. The van der Waals surface area contributed by atoms with Crippen molar-refractivity contribution in [1.82, 2.24) is 20.5 Å². The van der Waals surface area contributed by atoms with Crippen molar-refractivity contribution in [2.75, 3.05) is 18.8 Å². The number of hydrogen-bond acceptors (Lipinski definition) is 5. The summed E-state index contributed by atoms with van der Waals surface area (Å²) in [5, 5.41) is 5.80. The molecule has 2 aromatic rings. The average Bonchev–Trinajstić information content (AvgIpc) is 2.78. The van der Waals surface area contributed by atoms with Gasteiger partial charge in [0.25, 0.3) is 0 Å². The van der Waals surface area contributed by atoms with Crippen LogP contribution in [0.1, 0.15) is 49.4 Å². The van der Waals surface area contributed by atoms with Gasteiger partial charge in [-0.05, 0) is 62.9 Å². The van der Waals surface area contributed by atoms with Gasteiger partial charge in [-0.3, -0.25) is 14.5 Å². The summed E-state index contributed by atoms with van der Waals surface area (Å²) in [5.74, 6) is 0.498. The van der Waals surface area contributed by atoms with Crippen molar-refractivity contribution in [2.24, 2.45) is 0 Å². The van der Waals surface area contributed by atoms with Crippen molar-refractivity contribution in [1.29, 1.82) is 0 Å². The molecule has 1 aromatic heterocycles. The van der Waals surface area contributed by atoms with E-state index in [0.29, 0.717) is 18.3 Å². The Morgan fingerprint density at radius 3 is 2.65 bits per heavy atom. The fourth-order valence-electron chi connectivity index (χ4n) is 4.20. The zero-order valence-electron chi connectivity index (χ0n) is 18.6. The van der Waals surface area contributed by atoms with Crippen LogP contribution in [0.15, 0.2) is 42.5 Å². The first-order valence-electron chi connectivity index (χ1n) is 11.0. The van der Waals surface area contributed by atoms with Crippen molar-refractivity contribution >= 4 is 17.6 Å². The Morgan fingerprint density at radius 2 is 1.97 bits per heavy atom. The minimum atomic E-state index is -0.620. The van der Waals surface area contributed by atoms with Crippen LogP contribution < -0.4 is 16.4 Å². The number of aryl methyl sites for hydroxylation is 1. The van der Waals surface area contributed by atoms with Crippen molar-refractivity contribution in [3.05, 3.63) is 59.3 Å². The topological polar surface area (TPSA) is 100 Å². The number of hydrogen-bond donors (Lipinski definition) is 3. The fourth-order valence-corrected chi connectivity index (χ4v) is 4.20. The first kappa shape index (κ1) is 22.7. The van der Waals surface area contributed by atoms with Crippen LogP contribution in [0.3, 0.4) is 0 Å². The maximum atomic E-state index is 13.1. The monoisotopic (exact) mass is 423 g/mol. The summed E-state index contributed by atoms with van der Waals surface area (Å²) < 4.78 is 0. The molecule has 0 saturated carbocycles. The Kier molecular flexibility index (Phi) is 7.63. The number of likely N-dealkylation sites (tertiary alicyclic amines) is 1. The first-order chi connectivity index (χ1) is 14.9. The van der Waals surface area contributed by atoms with Crippen LogP contribution in [0, 0.1) is 6.92 Å². The van der Waals surface area contributed by atoms with Crippen LogP contribution in [-0.2, 0) is 16.1 Å². The standard InChI is InChI=1S/C24H33N5O2/c1-4-29-13-12-19(18-8-6-5-7-9-18)14-21(29)24(31)28-17(3)23(30)26-15-20-10-11-22(25)27-16(20)2/h5-11,17,19,21H,4,12-15H2,1-3H3,(H2,25,27)(H,26,30)(H,28,31)/t17-,19-,21+/m0/s1. The largest absolute Gasteiger partial charge is 0.384 e. The highest BCUT2D eigenvalue weighted by molar-refractivity contribution is 5.89. The zero-order chi connectivity index (χ0) is 22.4. The van der Waals surface area contributed by atoms with Crippen LogP contribution in [0.5, 0.6) is 0 Å². The lowest BCUT2D eigenvalue weighted by Crippen LogP contribution is -2.54. The third-order valence-electron chi connectivity index (χ3n) is 6.12. The molecule has 1 aliphatic heterocycles. The molecule has 0 aliphatic carbocycles. The number of nitrogens with two attached hydrogens (primary N) is 1. The predicted molar refractivity (Wildman–Crippen MR) is 122 cm³/mol.